The summed E-state index contributed by atoms with van der Waals surface area (Å²) in [4.78, 5) is 4.09. The van der Waals surface area contributed by atoms with Gasteiger partial charge in [-0.1, -0.05) is 6.07 Å². The highest BCUT2D eigenvalue weighted by Gasteiger charge is 2.20. The zero-order valence-corrected chi connectivity index (χ0v) is 12.4. The van der Waals surface area contributed by atoms with E-state index in [9.17, 15) is 8.42 Å². The van der Waals surface area contributed by atoms with Crippen LogP contribution in [-0.2, 0) is 34.5 Å². The summed E-state index contributed by atoms with van der Waals surface area (Å²) in [6.45, 7) is 3.22. The molecule has 8 heteroatoms. The van der Waals surface area contributed by atoms with E-state index in [2.05, 4.69) is 14.8 Å². The number of ether oxygens (including phenoxy) is 1. The van der Waals surface area contributed by atoms with Crippen molar-refractivity contribution in [3.05, 3.63) is 42.0 Å². The second-order valence-electron chi connectivity index (χ2n) is 5.06. The predicted molar refractivity (Wildman–Crippen MR) is 74.7 cm³/mol. The van der Waals surface area contributed by atoms with Crippen molar-refractivity contribution < 1.29 is 13.2 Å². The molecule has 1 atom stereocenters. The van der Waals surface area contributed by atoms with E-state index in [-0.39, 0.29) is 10.9 Å². The molecular formula is C13H16N4O3S. The topological polar surface area (TPSA) is 86.1 Å². The molecule has 2 heterocycles. The van der Waals surface area contributed by atoms with Crippen LogP contribution in [0.4, 0.5) is 0 Å². The molecule has 2 aromatic rings. The molecule has 0 radical (unpaired) electrons. The highest BCUT2D eigenvalue weighted by Crippen LogP contribution is 2.23. The summed E-state index contributed by atoms with van der Waals surface area (Å²) >= 11 is 0. The Bertz CT molecular complexity index is 728. The Balaban J connectivity index is 1.74. The third-order valence-corrected chi connectivity index (χ3v) is 4.87. The predicted octanol–water partition coefficient (Wildman–Crippen LogP) is 0.675. The van der Waals surface area contributed by atoms with Gasteiger partial charge in [0.1, 0.15) is 12.7 Å². The maximum Gasteiger partial charge on any atom is 0.240 e. The Kier molecular flexibility index (Phi) is 3.75. The number of nitrogens with one attached hydrogen (secondary N) is 1. The van der Waals surface area contributed by atoms with Crippen molar-refractivity contribution in [3.63, 3.8) is 0 Å². The number of benzene rings is 1. The molecule has 0 fully saturated rings. The Morgan fingerprint density at radius 1 is 1.38 bits per heavy atom. The van der Waals surface area contributed by atoms with E-state index in [4.69, 9.17) is 4.74 Å². The average molecular weight is 308 g/mol. The summed E-state index contributed by atoms with van der Waals surface area (Å²) < 4.78 is 34.3. The second kappa shape index (κ2) is 5.55. The molecule has 0 amide bonds. The lowest BCUT2D eigenvalue weighted by molar-refractivity contribution is 0.134. The third-order valence-electron chi connectivity index (χ3n) is 3.29. The summed E-state index contributed by atoms with van der Waals surface area (Å²) in [6.07, 6.45) is 2.97. The Hall–Kier alpha value is -1.77. The monoisotopic (exact) mass is 308 g/mol. The standard InChI is InChI=1S/C13H16N4O3S/c1-10(5-17-9-14-8-15-17)16-21(18,19)13-3-2-11-6-20-7-12(11)4-13/h2-4,8-10,16H,5-7H2,1H3. The van der Waals surface area contributed by atoms with Crippen molar-refractivity contribution >= 4 is 10.0 Å². The van der Waals surface area contributed by atoms with E-state index in [1.54, 1.807) is 36.1 Å². The van der Waals surface area contributed by atoms with Crippen molar-refractivity contribution in [1.82, 2.24) is 19.5 Å². The van der Waals surface area contributed by atoms with Gasteiger partial charge in [0.25, 0.3) is 0 Å². The van der Waals surface area contributed by atoms with Crippen molar-refractivity contribution in [2.24, 2.45) is 0 Å². The Morgan fingerprint density at radius 2 is 2.19 bits per heavy atom. The highest BCUT2D eigenvalue weighted by molar-refractivity contribution is 7.89. The lowest BCUT2D eigenvalue weighted by Crippen LogP contribution is -2.35. The van der Waals surface area contributed by atoms with Crippen molar-refractivity contribution in [3.8, 4) is 0 Å². The largest absolute Gasteiger partial charge is 0.372 e. The number of sulfonamides is 1. The summed E-state index contributed by atoms with van der Waals surface area (Å²) in [6, 6.07) is 4.80. The van der Waals surface area contributed by atoms with Gasteiger partial charge in [-0.15, -0.1) is 0 Å². The fourth-order valence-electron chi connectivity index (χ4n) is 2.29. The van der Waals surface area contributed by atoms with Crippen LogP contribution in [0.3, 0.4) is 0 Å². The first-order chi connectivity index (χ1) is 10.0. The molecule has 7 nitrogen and oxygen atoms in total. The molecule has 0 saturated carbocycles. The van der Waals surface area contributed by atoms with Gasteiger partial charge in [-0.2, -0.15) is 5.10 Å². The van der Waals surface area contributed by atoms with Crippen molar-refractivity contribution in [1.29, 1.82) is 0 Å². The third kappa shape index (κ3) is 3.12. The summed E-state index contributed by atoms with van der Waals surface area (Å²) in [5.41, 5.74) is 1.98. The molecular weight excluding hydrogens is 292 g/mol. The average Bonchev–Trinajstić information content (AvgIpc) is 3.07. The lowest BCUT2D eigenvalue weighted by Gasteiger charge is -2.14. The first-order valence-electron chi connectivity index (χ1n) is 6.59. The minimum Gasteiger partial charge on any atom is -0.372 e. The molecule has 1 aromatic carbocycles. The van der Waals surface area contributed by atoms with Gasteiger partial charge in [0.15, 0.2) is 0 Å². The number of hydrogen-bond donors (Lipinski definition) is 1. The van der Waals surface area contributed by atoms with Crippen LogP contribution in [0, 0.1) is 0 Å². The van der Waals surface area contributed by atoms with E-state index >= 15 is 0 Å². The quantitative estimate of drug-likeness (QED) is 0.877. The van der Waals surface area contributed by atoms with E-state index in [1.165, 1.54) is 6.33 Å². The first-order valence-corrected chi connectivity index (χ1v) is 8.07. The molecule has 0 aliphatic carbocycles. The van der Waals surface area contributed by atoms with Crippen LogP contribution in [0.5, 0.6) is 0 Å². The van der Waals surface area contributed by atoms with E-state index in [0.29, 0.717) is 19.8 Å². The van der Waals surface area contributed by atoms with Crippen molar-refractivity contribution in [2.45, 2.75) is 37.6 Å². The van der Waals surface area contributed by atoms with Gasteiger partial charge in [0.2, 0.25) is 10.0 Å². The van der Waals surface area contributed by atoms with Crippen LogP contribution in [0.2, 0.25) is 0 Å². The lowest BCUT2D eigenvalue weighted by atomic mass is 10.1. The molecule has 1 aliphatic heterocycles. The van der Waals surface area contributed by atoms with Crippen LogP contribution < -0.4 is 4.72 Å². The molecule has 0 spiro atoms. The highest BCUT2D eigenvalue weighted by atomic mass is 32.2. The molecule has 1 aliphatic rings. The van der Waals surface area contributed by atoms with Gasteiger partial charge < -0.3 is 4.74 Å². The molecule has 0 saturated heterocycles. The fourth-order valence-corrected chi connectivity index (χ4v) is 3.58. The molecule has 0 bridgehead atoms. The van der Waals surface area contributed by atoms with Crippen molar-refractivity contribution in [2.75, 3.05) is 0 Å². The Morgan fingerprint density at radius 3 is 2.95 bits per heavy atom. The van der Waals surface area contributed by atoms with Crippen LogP contribution in [-0.4, -0.2) is 29.2 Å². The number of fused-ring (bicyclic) bond motifs is 1. The number of aromatic nitrogens is 3. The zero-order valence-electron chi connectivity index (χ0n) is 11.6. The van der Waals surface area contributed by atoms with Crippen LogP contribution >= 0.6 is 0 Å². The summed E-state index contributed by atoms with van der Waals surface area (Å²) in [7, 11) is -3.55. The van der Waals surface area contributed by atoms with E-state index in [0.717, 1.165) is 11.1 Å². The number of hydrogen-bond acceptors (Lipinski definition) is 5. The zero-order chi connectivity index (χ0) is 14.9. The SMILES string of the molecule is CC(Cn1cncn1)NS(=O)(=O)c1ccc2c(c1)COC2. The van der Waals surface area contributed by atoms with Crippen LogP contribution in [0.15, 0.2) is 35.7 Å². The van der Waals surface area contributed by atoms with E-state index in [1.807, 2.05) is 0 Å². The normalized spacial score (nSPS) is 15.9. The molecule has 3 rings (SSSR count). The number of rotatable bonds is 5. The smallest absolute Gasteiger partial charge is 0.240 e. The van der Waals surface area contributed by atoms with Gasteiger partial charge in [-0.3, -0.25) is 4.68 Å². The fraction of sp³-hybridized carbons (Fsp3) is 0.385. The molecule has 1 N–H and O–H groups in total. The molecule has 1 unspecified atom stereocenters. The van der Waals surface area contributed by atoms with E-state index < -0.39 is 10.0 Å². The summed E-state index contributed by atoms with van der Waals surface area (Å²) in [5.74, 6) is 0. The summed E-state index contributed by atoms with van der Waals surface area (Å²) in [5, 5.41) is 3.96. The van der Waals surface area contributed by atoms with Gasteiger partial charge in [-0.25, -0.2) is 18.1 Å². The number of nitrogens with zero attached hydrogens (tertiary/aromatic N) is 3. The van der Waals surface area contributed by atoms with Gasteiger partial charge in [0.05, 0.1) is 24.7 Å². The minimum atomic E-state index is -3.55. The maximum absolute atomic E-state index is 12.4. The van der Waals surface area contributed by atoms with Gasteiger partial charge >= 0.3 is 0 Å². The first kappa shape index (κ1) is 14.2. The molecule has 112 valence electrons. The second-order valence-corrected chi connectivity index (χ2v) is 6.78. The van der Waals surface area contributed by atoms with Gasteiger partial charge in [-0.05, 0) is 30.2 Å². The maximum atomic E-state index is 12.4. The van der Waals surface area contributed by atoms with Gasteiger partial charge in [0, 0.05) is 6.04 Å². The van der Waals surface area contributed by atoms with Crippen LogP contribution in [0.1, 0.15) is 18.1 Å². The molecule has 1 aromatic heterocycles. The van der Waals surface area contributed by atoms with Crippen LogP contribution in [0.25, 0.3) is 0 Å². The minimum absolute atomic E-state index is 0.261. The Labute approximate surface area is 123 Å². The molecule has 21 heavy (non-hydrogen) atoms.